The van der Waals surface area contributed by atoms with Crippen LogP contribution in [0.4, 0.5) is 0 Å². The molecule has 3 aromatic rings. The molecular formula is C24H29Cl2N3O. The van der Waals surface area contributed by atoms with Crippen molar-refractivity contribution in [3.05, 3.63) is 101 Å². The minimum Gasteiger partial charge on any atom is -0.347 e. The van der Waals surface area contributed by atoms with E-state index in [2.05, 4.69) is 41.5 Å². The van der Waals surface area contributed by atoms with Crippen molar-refractivity contribution in [3.8, 4) is 0 Å². The van der Waals surface area contributed by atoms with Crippen LogP contribution in [-0.2, 0) is 11.2 Å². The minimum absolute atomic E-state index is 0. The van der Waals surface area contributed by atoms with Gasteiger partial charge in [-0.05, 0) is 36.6 Å². The number of nitrogens with zero attached hydrogens (tertiary/aromatic N) is 1. The standard InChI is InChI=1S/C24H27N3O.2ClH/c1-17-11-13-19(14-12-17)16-22(21-10-6-7-15-26-21)27-24(28)18(2)23(25)20-8-4-3-5-9-20;;/h3-15,18,22-23H,16,25H2,1-2H3,(H,27,28);2*1H. The Labute approximate surface area is 191 Å². The molecule has 1 amide bonds. The average Bonchev–Trinajstić information content (AvgIpc) is 2.75. The Morgan fingerprint density at radius 1 is 0.967 bits per heavy atom. The molecule has 1 aromatic heterocycles. The SMILES string of the molecule is Cc1ccc(CC(NC(=O)C(C)C(N)c2ccccc2)c2ccccn2)cc1.Cl.Cl. The summed E-state index contributed by atoms with van der Waals surface area (Å²) >= 11 is 0. The zero-order chi connectivity index (χ0) is 19.9. The van der Waals surface area contributed by atoms with Crippen LogP contribution in [0.1, 0.15) is 41.4 Å². The third-order valence-corrected chi connectivity index (χ3v) is 5.06. The number of halogens is 2. The number of amides is 1. The highest BCUT2D eigenvalue weighted by Gasteiger charge is 2.25. The zero-order valence-corrected chi connectivity index (χ0v) is 18.8. The Morgan fingerprint density at radius 2 is 1.60 bits per heavy atom. The number of carbonyl (C=O) groups excluding carboxylic acids is 1. The van der Waals surface area contributed by atoms with Crippen LogP contribution in [0.15, 0.2) is 79.0 Å². The van der Waals surface area contributed by atoms with Crippen LogP contribution in [0, 0.1) is 12.8 Å². The maximum Gasteiger partial charge on any atom is 0.225 e. The molecule has 0 bridgehead atoms. The van der Waals surface area contributed by atoms with Crippen molar-refractivity contribution >= 4 is 30.7 Å². The molecule has 3 atom stereocenters. The molecule has 3 N–H and O–H groups in total. The first-order valence-corrected chi connectivity index (χ1v) is 9.62. The molecule has 6 heteroatoms. The summed E-state index contributed by atoms with van der Waals surface area (Å²) in [5.41, 5.74) is 10.5. The Balaban J connectivity index is 0.00000225. The smallest absolute Gasteiger partial charge is 0.225 e. The lowest BCUT2D eigenvalue weighted by Gasteiger charge is -2.24. The van der Waals surface area contributed by atoms with E-state index in [1.165, 1.54) is 5.56 Å². The Bertz CT molecular complexity index is 889. The Hall–Kier alpha value is -2.40. The van der Waals surface area contributed by atoms with Gasteiger partial charge < -0.3 is 11.1 Å². The molecule has 4 nitrogen and oxygen atoms in total. The lowest BCUT2D eigenvalue weighted by Crippen LogP contribution is -2.38. The number of nitrogens with two attached hydrogens (primary N) is 1. The van der Waals surface area contributed by atoms with Gasteiger partial charge in [0.2, 0.25) is 5.91 Å². The molecule has 0 aliphatic rings. The highest BCUT2D eigenvalue weighted by molar-refractivity contribution is 5.85. The number of nitrogens with one attached hydrogen (secondary N) is 1. The van der Waals surface area contributed by atoms with E-state index < -0.39 is 0 Å². The van der Waals surface area contributed by atoms with E-state index >= 15 is 0 Å². The topological polar surface area (TPSA) is 68.0 Å². The van der Waals surface area contributed by atoms with E-state index in [-0.39, 0.29) is 48.7 Å². The number of rotatable bonds is 7. The van der Waals surface area contributed by atoms with Crippen molar-refractivity contribution in [2.24, 2.45) is 11.7 Å². The maximum atomic E-state index is 13.0. The fourth-order valence-electron chi connectivity index (χ4n) is 3.20. The summed E-state index contributed by atoms with van der Waals surface area (Å²) in [6.45, 7) is 3.93. The molecule has 0 radical (unpaired) electrons. The lowest BCUT2D eigenvalue weighted by molar-refractivity contribution is -0.126. The van der Waals surface area contributed by atoms with Gasteiger partial charge in [0, 0.05) is 12.2 Å². The molecule has 0 aliphatic carbocycles. The Kier molecular flexibility index (Phi) is 10.5. The largest absolute Gasteiger partial charge is 0.347 e. The first kappa shape index (κ1) is 25.6. The average molecular weight is 446 g/mol. The summed E-state index contributed by atoms with van der Waals surface area (Å²) in [6, 6.07) is 23.3. The van der Waals surface area contributed by atoms with Gasteiger partial charge in [-0.25, -0.2) is 0 Å². The molecule has 0 aliphatic heterocycles. The van der Waals surface area contributed by atoms with Crippen LogP contribution in [0.25, 0.3) is 0 Å². The van der Waals surface area contributed by atoms with Gasteiger partial charge in [0.15, 0.2) is 0 Å². The second-order valence-electron chi connectivity index (χ2n) is 7.23. The Morgan fingerprint density at radius 3 is 2.20 bits per heavy atom. The van der Waals surface area contributed by atoms with Crippen LogP contribution in [0.2, 0.25) is 0 Å². The predicted molar refractivity (Wildman–Crippen MR) is 127 cm³/mol. The number of pyridine rings is 1. The molecule has 2 aromatic carbocycles. The molecule has 0 saturated carbocycles. The van der Waals surface area contributed by atoms with Crippen LogP contribution in [-0.4, -0.2) is 10.9 Å². The quantitative estimate of drug-likeness (QED) is 0.539. The molecule has 30 heavy (non-hydrogen) atoms. The van der Waals surface area contributed by atoms with Gasteiger partial charge in [0.05, 0.1) is 17.7 Å². The fourth-order valence-corrected chi connectivity index (χ4v) is 3.20. The number of benzene rings is 2. The van der Waals surface area contributed by atoms with Crippen LogP contribution in [0.3, 0.4) is 0 Å². The van der Waals surface area contributed by atoms with Gasteiger partial charge in [0.1, 0.15) is 0 Å². The van der Waals surface area contributed by atoms with Crippen LogP contribution >= 0.6 is 24.8 Å². The van der Waals surface area contributed by atoms with Gasteiger partial charge in [-0.1, -0.05) is 73.2 Å². The van der Waals surface area contributed by atoms with Gasteiger partial charge in [0.25, 0.3) is 0 Å². The molecule has 1 heterocycles. The normalized spacial score (nSPS) is 13.2. The minimum atomic E-state index is -0.357. The molecule has 3 rings (SSSR count). The number of aromatic nitrogens is 1. The predicted octanol–water partition coefficient (Wildman–Crippen LogP) is 4.97. The van der Waals surface area contributed by atoms with Crippen molar-refractivity contribution in [1.82, 2.24) is 10.3 Å². The summed E-state index contributed by atoms with van der Waals surface area (Å²) in [4.78, 5) is 17.4. The maximum absolute atomic E-state index is 13.0. The second kappa shape index (κ2) is 12.3. The summed E-state index contributed by atoms with van der Waals surface area (Å²) in [6.07, 6.45) is 2.43. The number of carbonyl (C=O) groups is 1. The van der Waals surface area contributed by atoms with E-state index in [4.69, 9.17) is 5.73 Å². The molecule has 160 valence electrons. The van der Waals surface area contributed by atoms with Crippen molar-refractivity contribution in [1.29, 1.82) is 0 Å². The summed E-state index contributed by atoms with van der Waals surface area (Å²) < 4.78 is 0. The first-order valence-electron chi connectivity index (χ1n) is 9.62. The third-order valence-electron chi connectivity index (χ3n) is 5.06. The van der Waals surface area contributed by atoms with Gasteiger partial charge in [-0.15, -0.1) is 24.8 Å². The molecule has 0 saturated heterocycles. The summed E-state index contributed by atoms with van der Waals surface area (Å²) in [5, 5.41) is 3.17. The van der Waals surface area contributed by atoms with Gasteiger partial charge in [-0.3, -0.25) is 9.78 Å². The van der Waals surface area contributed by atoms with Crippen molar-refractivity contribution in [2.75, 3.05) is 0 Å². The third kappa shape index (κ3) is 6.84. The fraction of sp³-hybridized carbons (Fsp3) is 0.250. The van der Waals surface area contributed by atoms with E-state index in [1.807, 2.05) is 55.5 Å². The van der Waals surface area contributed by atoms with Crippen molar-refractivity contribution < 1.29 is 4.79 Å². The number of hydrogen-bond donors (Lipinski definition) is 2. The summed E-state index contributed by atoms with van der Waals surface area (Å²) in [5.74, 6) is -0.425. The van der Waals surface area contributed by atoms with Gasteiger partial charge in [-0.2, -0.15) is 0 Å². The number of hydrogen-bond acceptors (Lipinski definition) is 3. The summed E-state index contributed by atoms with van der Waals surface area (Å²) in [7, 11) is 0. The van der Waals surface area contributed by atoms with E-state index in [1.54, 1.807) is 6.20 Å². The second-order valence-corrected chi connectivity index (χ2v) is 7.23. The van der Waals surface area contributed by atoms with Gasteiger partial charge >= 0.3 is 0 Å². The zero-order valence-electron chi connectivity index (χ0n) is 17.2. The monoisotopic (exact) mass is 445 g/mol. The molecular weight excluding hydrogens is 417 g/mol. The van der Waals surface area contributed by atoms with Crippen molar-refractivity contribution in [3.63, 3.8) is 0 Å². The molecule has 0 spiro atoms. The highest BCUT2D eigenvalue weighted by atomic mass is 35.5. The molecule has 3 unspecified atom stereocenters. The number of aryl methyl sites for hydroxylation is 1. The van der Waals surface area contributed by atoms with Crippen LogP contribution < -0.4 is 11.1 Å². The van der Waals surface area contributed by atoms with E-state index in [0.29, 0.717) is 6.42 Å². The van der Waals surface area contributed by atoms with E-state index in [0.717, 1.165) is 16.8 Å². The van der Waals surface area contributed by atoms with E-state index in [9.17, 15) is 4.79 Å². The first-order chi connectivity index (χ1) is 13.5. The van der Waals surface area contributed by atoms with Crippen LogP contribution in [0.5, 0.6) is 0 Å². The molecule has 0 fully saturated rings. The lowest BCUT2D eigenvalue weighted by atomic mass is 9.93. The van der Waals surface area contributed by atoms with Crippen molar-refractivity contribution in [2.45, 2.75) is 32.4 Å². The highest BCUT2D eigenvalue weighted by Crippen LogP contribution is 2.22.